The average molecular weight is 648 g/mol. The smallest absolute Gasteiger partial charge is 0.408 e. The summed E-state index contributed by atoms with van der Waals surface area (Å²) in [5.74, 6) is -0.727. The zero-order valence-electron chi connectivity index (χ0n) is 28.4. The number of ether oxygens (including phenoxy) is 1. The number of hydrogen-bond acceptors (Lipinski definition) is 4. The molecule has 248 valence electrons. The van der Waals surface area contributed by atoms with E-state index in [1.807, 2.05) is 81.4 Å². The molecule has 0 aliphatic carbocycles. The van der Waals surface area contributed by atoms with Gasteiger partial charge in [-0.3, -0.25) is 9.59 Å². The quantitative estimate of drug-likeness (QED) is 0.171. The van der Waals surface area contributed by atoms with Crippen LogP contribution in [-0.2, 0) is 20.7 Å². The largest absolute Gasteiger partial charge is 0.444 e. The van der Waals surface area contributed by atoms with E-state index >= 15 is 0 Å². The van der Waals surface area contributed by atoms with Gasteiger partial charge in [0.15, 0.2) is 0 Å². The number of rotatable bonds is 14. The second-order valence-electron chi connectivity index (χ2n) is 13.0. The predicted octanol–water partition coefficient (Wildman–Crippen LogP) is 8.88. The first-order valence-corrected chi connectivity index (χ1v) is 16.7. The summed E-state index contributed by atoms with van der Waals surface area (Å²) in [6, 6.07) is 18.9. The molecule has 7 nitrogen and oxygen atoms in total. The lowest BCUT2D eigenvalue weighted by Crippen LogP contribution is -2.53. The molecule has 0 aliphatic rings. The Bertz CT molecular complexity index is 1430. The third-order valence-corrected chi connectivity index (χ3v) is 8.22. The molecule has 3 aromatic rings. The minimum absolute atomic E-state index is 0.232. The van der Waals surface area contributed by atoms with Crippen molar-refractivity contribution in [3.63, 3.8) is 0 Å². The lowest BCUT2D eigenvalue weighted by Gasteiger charge is -2.36. The summed E-state index contributed by atoms with van der Waals surface area (Å²) in [6.45, 7) is 13.6. The Morgan fingerprint density at radius 3 is 2.04 bits per heavy atom. The molecule has 2 unspecified atom stereocenters. The van der Waals surface area contributed by atoms with Gasteiger partial charge < -0.3 is 20.3 Å². The van der Waals surface area contributed by atoms with Crippen LogP contribution in [0.15, 0.2) is 66.7 Å². The zero-order chi connectivity index (χ0) is 33.9. The summed E-state index contributed by atoms with van der Waals surface area (Å²) in [4.78, 5) is 44.1. The predicted molar refractivity (Wildman–Crippen MR) is 187 cm³/mol. The molecular weight excluding hydrogens is 598 g/mol. The van der Waals surface area contributed by atoms with E-state index in [2.05, 4.69) is 17.6 Å². The number of carbonyl (C=O) groups is 3. The number of aryl methyl sites for hydroxylation is 3. The standard InChI is InChI=1S/C38H50ClN3O4/c1-8-9-10-11-15-24-42(36(44)31(25-29-21-13-12-14-22-29)40-37(45)46-38(5,6)7)34(32-26(2)18-16-19-27(32)3)35(43)41-33-28(4)20-17-23-30(33)39/h12-14,16-23,31,34H,8-11,15,24-25H2,1-7H3,(H,40,45)(H,41,43). The van der Waals surface area contributed by atoms with Crippen LogP contribution in [0.2, 0.25) is 5.02 Å². The second kappa shape index (κ2) is 17.2. The first kappa shape index (κ1) is 36.6. The van der Waals surface area contributed by atoms with E-state index in [1.54, 1.807) is 31.7 Å². The molecule has 0 aliphatic heterocycles. The molecular formula is C38H50ClN3O4. The molecule has 3 rings (SSSR count). The van der Waals surface area contributed by atoms with Crippen molar-refractivity contribution < 1.29 is 19.1 Å². The van der Waals surface area contributed by atoms with Crippen LogP contribution in [0.3, 0.4) is 0 Å². The Hall–Kier alpha value is -3.84. The van der Waals surface area contributed by atoms with Gasteiger partial charge in [-0.15, -0.1) is 0 Å². The summed E-state index contributed by atoms with van der Waals surface area (Å²) in [6.07, 6.45) is 4.37. The molecule has 0 bridgehead atoms. The van der Waals surface area contributed by atoms with Crippen molar-refractivity contribution in [2.24, 2.45) is 0 Å². The highest BCUT2D eigenvalue weighted by Gasteiger charge is 2.38. The maximum Gasteiger partial charge on any atom is 0.408 e. The summed E-state index contributed by atoms with van der Waals surface area (Å²) in [7, 11) is 0. The van der Waals surface area contributed by atoms with Crippen molar-refractivity contribution >= 4 is 35.2 Å². The van der Waals surface area contributed by atoms with E-state index in [0.717, 1.165) is 53.5 Å². The molecule has 46 heavy (non-hydrogen) atoms. The zero-order valence-corrected chi connectivity index (χ0v) is 29.2. The van der Waals surface area contributed by atoms with Crippen LogP contribution < -0.4 is 10.6 Å². The van der Waals surface area contributed by atoms with Gasteiger partial charge in [-0.2, -0.15) is 0 Å². The van der Waals surface area contributed by atoms with E-state index in [4.69, 9.17) is 16.3 Å². The summed E-state index contributed by atoms with van der Waals surface area (Å²) < 4.78 is 5.58. The van der Waals surface area contributed by atoms with Gasteiger partial charge in [0.25, 0.3) is 5.91 Å². The molecule has 3 aromatic carbocycles. The van der Waals surface area contributed by atoms with Crippen LogP contribution in [0.1, 0.15) is 93.7 Å². The van der Waals surface area contributed by atoms with Gasteiger partial charge in [0, 0.05) is 13.0 Å². The monoisotopic (exact) mass is 647 g/mol. The second-order valence-corrected chi connectivity index (χ2v) is 13.4. The summed E-state index contributed by atoms with van der Waals surface area (Å²) in [5.41, 5.74) is 3.97. The lowest BCUT2D eigenvalue weighted by molar-refractivity contribution is -0.141. The van der Waals surface area contributed by atoms with E-state index in [0.29, 0.717) is 23.7 Å². The highest BCUT2D eigenvalue weighted by atomic mass is 35.5. The number of benzene rings is 3. The van der Waals surface area contributed by atoms with Gasteiger partial charge in [0.05, 0.1) is 10.7 Å². The lowest BCUT2D eigenvalue weighted by atomic mass is 9.92. The van der Waals surface area contributed by atoms with Crippen molar-refractivity contribution in [2.75, 3.05) is 11.9 Å². The number of unbranched alkanes of at least 4 members (excludes halogenated alkanes) is 4. The number of anilines is 1. The number of hydrogen-bond donors (Lipinski definition) is 2. The number of halogens is 1. The Kier molecular flexibility index (Phi) is 13.7. The van der Waals surface area contributed by atoms with Crippen LogP contribution in [0.5, 0.6) is 0 Å². The maximum atomic E-state index is 14.8. The molecule has 3 amide bonds. The van der Waals surface area contributed by atoms with Crippen LogP contribution in [0, 0.1) is 20.8 Å². The Morgan fingerprint density at radius 2 is 1.43 bits per heavy atom. The molecule has 2 atom stereocenters. The molecule has 0 saturated carbocycles. The maximum absolute atomic E-state index is 14.8. The number of nitrogens with zero attached hydrogens (tertiary/aromatic N) is 1. The topological polar surface area (TPSA) is 87.7 Å². The SMILES string of the molecule is CCCCCCCN(C(=O)C(Cc1ccccc1)NC(=O)OC(C)(C)C)C(C(=O)Nc1c(C)cccc1Cl)c1c(C)cccc1C. The van der Waals surface area contributed by atoms with Crippen molar-refractivity contribution in [3.8, 4) is 0 Å². The van der Waals surface area contributed by atoms with E-state index in [9.17, 15) is 14.4 Å². The van der Waals surface area contributed by atoms with Crippen LogP contribution in [-0.4, -0.2) is 41.0 Å². The normalized spacial score (nSPS) is 12.6. The van der Waals surface area contributed by atoms with Crippen molar-refractivity contribution in [2.45, 2.75) is 105 Å². The fourth-order valence-electron chi connectivity index (χ4n) is 5.62. The summed E-state index contributed by atoms with van der Waals surface area (Å²) in [5, 5.41) is 6.33. The highest BCUT2D eigenvalue weighted by Crippen LogP contribution is 2.33. The van der Waals surface area contributed by atoms with Crippen molar-refractivity contribution in [3.05, 3.63) is 99.6 Å². The number of para-hydroxylation sites is 1. The van der Waals surface area contributed by atoms with Gasteiger partial charge in [0.1, 0.15) is 17.7 Å². The minimum Gasteiger partial charge on any atom is -0.444 e. The van der Waals surface area contributed by atoms with Gasteiger partial charge in [-0.25, -0.2) is 4.79 Å². The summed E-state index contributed by atoms with van der Waals surface area (Å²) >= 11 is 6.56. The number of amides is 3. The molecule has 0 radical (unpaired) electrons. The van der Waals surface area contributed by atoms with Crippen LogP contribution in [0.4, 0.5) is 10.5 Å². The van der Waals surface area contributed by atoms with Gasteiger partial charge in [-0.1, -0.05) is 105 Å². The fourth-order valence-corrected chi connectivity index (χ4v) is 5.89. The van der Waals surface area contributed by atoms with Gasteiger partial charge in [-0.05, 0) is 81.8 Å². The molecule has 0 fully saturated rings. The molecule has 0 aromatic heterocycles. The average Bonchev–Trinajstić information content (AvgIpc) is 2.98. The minimum atomic E-state index is -0.978. The first-order chi connectivity index (χ1) is 21.8. The van der Waals surface area contributed by atoms with Crippen LogP contribution in [0.25, 0.3) is 0 Å². The van der Waals surface area contributed by atoms with Crippen molar-refractivity contribution in [1.29, 1.82) is 0 Å². The third kappa shape index (κ3) is 10.6. The first-order valence-electron chi connectivity index (χ1n) is 16.3. The Balaban J connectivity index is 2.14. The third-order valence-electron chi connectivity index (χ3n) is 7.90. The highest BCUT2D eigenvalue weighted by molar-refractivity contribution is 6.34. The molecule has 0 spiro atoms. The van der Waals surface area contributed by atoms with E-state index < -0.39 is 23.8 Å². The van der Waals surface area contributed by atoms with E-state index in [1.165, 1.54) is 0 Å². The van der Waals surface area contributed by atoms with Gasteiger partial charge >= 0.3 is 6.09 Å². The van der Waals surface area contributed by atoms with Gasteiger partial charge in [0.2, 0.25) is 5.91 Å². The molecule has 2 N–H and O–H groups in total. The Morgan fingerprint density at radius 1 is 0.826 bits per heavy atom. The molecule has 0 heterocycles. The fraction of sp³-hybridized carbons (Fsp3) is 0.447. The molecule has 0 saturated heterocycles. The number of nitrogens with one attached hydrogen (secondary N) is 2. The van der Waals surface area contributed by atoms with Crippen LogP contribution >= 0.6 is 11.6 Å². The Labute approximate surface area is 280 Å². The van der Waals surface area contributed by atoms with Crippen molar-refractivity contribution in [1.82, 2.24) is 10.2 Å². The molecule has 8 heteroatoms. The number of alkyl carbamates (subject to hydrolysis) is 1. The number of carbonyl (C=O) groups excluding carboxylic acids is 3. The van der Waals surface area contributed by atoms with E-state index in [-0.39, 0.29) is 18.2 Å².